The number of rotatable bonds is 8. The van der Waals surface area contributed by atoms with Crippen LogP contribution in [0.1, 0.15) is 64.4 Å². The largest absolute Gasteiger partial charge is 0.490 e. The Hall–Kier alpha value is -1.52. The number of aliphatic hydroxyl groups is 1. The number of nitrogens with zero attached hydrogens (tertiary/aromatic N) is 2. The van der Waals surface area contributed by atoms with Crippen molar-refractivity contribution in [1.82, 2.24) is 9.47 Å². The zero-order valence-corrected chi connectivity index (χ0v) is 17.6. The minimum absolute atomic E-state index is 0.266. The Morgan fingerprint density at radius 2 is 1.96 bits per heavy atom. The van der Waals surface area contributed by atoms with E-state index < -0.39 is 0 Å². The van der Waals surface area contributed by atoms with Gasteiger partial charge in [0, 0.05) is 36.2 Å². The highest BCUT2D eigenvalue weighted by atomic mass is 16.5. The maximum Gasteiger partial charge on any atom is 0.120 e. The molecule has 1 aromatic carbocycles. The molecule has 0 bridgehead atoms. The molecule has 0 unspecified atom stereocenters. The van der Waals surface area contributed by atoms with Gasteiger partial charge in [0.1, 0.15) is 5.75 Å². The van der Waals surface area contributed by atoms with E-state index in [9.17, 15) is 5.11 Å². The SMILES string of the molecule is CC(C)CCn1cc(CN2CCC[C@H]2CO)c2cc(OC3CCCC3)ccc21. The fraction of sp³-hybridized carbons (Fsp3) is 0.667. The maximum atomic E-state index is 9.71. The third-order valence-electron chi connectivity index (χ3n) is 6.57. The second-order valence-electron chi connectivity index (χ2n) is 9.18. The van der Waals surface area contributed by atoms with Gasteiger partial charge in [0.15, 0.2) is 0 Å². The fourth-order valence-electron chi connectivity index (χ4n) is 4.86. The van der Waals surface area contributed by atoms with Crippen molar-refractivity contribution < 1.29 is 9.84 Å². The van der Waals surface area contributed by atoms with Crippen molar-refractivity contribution in [3.8, 4) is 5.75 Å². The highest BCUT2D eigenvalue weighted by molar-refractivity contribution is 5.85. The monoisotopic (exact) mass is 384 g/mol. The molecule has 1 atom stereocenters. The quantitative estimate of drug-likeness (QED) is 0.698. The summed E-state index contributed by atoms with van der Waals surface area (Å²) in [6, 6.07) is 6.98. The fourth-order valence-corrected chi connectivity index (χ4v) is 4.86. The highest BCUT2D eigenvalue weighted by Crippen LogP contribution is 2.31. The first-order chi connectivity index (χ1) is 13.6. The summed E-state index contributed by atoms with van der Waals surface area (Å²) in [5.41, 5.74) is 2.69. The molecule has 0 radical (unpaired) electrons. The minimum atomic E-state index is 0.266. The van der Waals surface area contributed by atoms with Crippen molar-refractivity contribution in [1.29, 1.82) is 0 Å². The van der Waals surface area contributed by atoms with Crippen LogP contribution >= 0.6 is 0 Å². The molecule has 4 rings (SSSR count). The first-order valence-corrected chi connectivity index (χ1v) is 11.3. The zero-order valence-electron chi connectivity index (χ0n) is 17.6. The van der Waals surface area contributed by atoms with Gasteiger partial charge >= 0.3 is 0 Å². The molecular formula is C24H36N2O2. The van der Waals surface area contributed by atoms with Gasteiger partial charge in [-0.25, -0.2) is 0 Å². The summed E-state index contributed by atoms with van der Waals surface area (Å²) in [7, 11) is 0. The van der Waals surface area contributed by atoms with Crippen LogP contribution in [0.15, 0.2) is 24.4 Å². The van der Waals surface area contributed by atoms with E-state index in [2.05, 4.69) is 47.7 Å². The number of aliphatic hydroxyl groups excluding tert-OH is 1. The van der Waals surface area contributed by atoms with Crippen LogP contribution in [-0.4, -0.2) is 39.9 Å². The summed E-state index contributed by atoms with van der Waals surface area (Å²) < 4.78 is 8.72. The number of aromatic nitrogens is 1. The third kappa shape index (κ3) is 4.38. The lowest BCUT2D eigenvalue weighted by atomic mass is 10.1. The molecule has 1 aliphatic heterocycles. The van der Waals surface area contributed by atoms with Gasteiger partial charge in [-0.1, -0.05) is 13.8 Å². The Labute approximate surface area is 169 Å². The van der Waals surface area contributed by atoms with Gasteiger partial charge in [-0.2, -0.15) is 0 Å². The van der Waals surface area contributed by atoms with Crippen LogP contribution in [0, 0.1) is 5.92 Å². The topological polar surface area (TPSA) is 37.6 Å². The minimum Gasteiger partial charge on any atom is -0.490 e. The van der Waals surface area contributed by atoms with Gasteiger partial charge < -0.3 is 14.4 Å². The molecule has 2 aliphatic rings. The number of benzene rings is 1. The molecule has 1 N–H and O–H groups in total. The van der Waals surface area contributed by atoms with E-state index in [0.717, 1.165) is 31.8 Å². The lowest BCUT2D eigenvalue weighted by Crippen LogP contribution is -2.31. The number of ether oxygens (including phenoxy) is 1. The molecule has 4 heteroatoms. The summed E-state index contributed by atoms with van der Waals surface area (Å²) >= 11 is 0. The van der Waals surface area contributed by atoms with Crippen molar-refractivity contribution in [3.05, 3.63) is 30.0 Å². The van der Waals surface area contributed by atoms with Crippen molar-refractivity contribution in [2.45, 2.75) is 84.0 Å². The van der Waals surface area contributed by atoms with Gasteiger partial charge in [0.25, 0.3) is 0 Å². The van der Waals surface area contributed by atoms with Crippen LogP contribution in [0.5, 0.6) is 5.75 Å². The number of hydrogen-bond donors (Lipinski definition) is 1. The molecule has 1 saturated carbocycles. The molecule has 1 aliphatic carbocycles. The lowest BCUT2D eigenvalue weighted by Gasteiger charge is -2.22. The van der Waals surface area contributed by atoms with Crippen LogP contribution in [0.2, 0.25) is 0 Å². The average Bonchev–Trinajstić information content (AvgIpc) is 3.41. The van der Waals surface area contributed by atoms with Crippen molar-refractivity contribution in [2.24, 2.45) is 5.92 Å². The van der Waals surface area contributed by atoms with Gasteiger partial charge in [-0.3, -0.25) is 4.90 Å². The van der Waals surface area contributed by atoms with E-state index in [0.29, 0.717) is 18.1 Å². The Morgan fingerprint density at radius 3 is 2.71 bits per heavy atom. The molecule has 2 aromatic rings. The summed E-state index contributed by atoms with van der Waals surface area (Å²) in [5, 5.41) is 11.0. The maximum absolute atomic E-state index is 9.71. The number of fused-ring (bicyclic) bond motifs is 1. The molecule has 28 heavy (non-hydrogen) atoms. The van der Waals surface area contributed by atoms with Crippen molar-refractivity contribution in [2.75, 3.05) is 13.2 Å². The van der Waals surface area contributed by atoms with Crippen LogP contribution in [0.25, 0.3) is 10.9 Å². The first kappa shape index (κ1) is 19.8. The molecule has 2 fully saturated rings. The molecule has 2 heterocycles. The number of likely N-dealkylation sites (tertiary alicyclic amines) is 1. The second-order valence-corrected chi connectivity index (χ2v) is 9.18. The molecule has 0 amide bonds. The van der Waals surface area contributed by atoms with Crippen LogP contribution in [0.3, 0.4) is 0 Å². The van der Waals surface area contributed by atoms with Gasteiger partial charge in [0.05, 0.1) is 12.7 Å². The van der Waals surface area contributed by atoms with E-state index in [1.54, 1.807) is 0 Å². The Balaban J connectivity index is 1.62. The van der Waals surface area contributed by atoms with Crippen LogP contribution in [-0.2, 0) is 13.1 Å². The summed E-state index contributed by atoms with van der Waals surface area (Å²) in [4.78, 5) is 2.45. The summed E-state index contributed by atoms with van der Waals surface area (Å²) in [6.07, 6.45) is 11.2. The van der Waals surface area contributed by atoms with E-state index in [1.807, 2.05) is 0 Å². The second kappa shape index (κ2) is 8.87. The average molecular weight is 385 g/mol. The lowest BCUT2D eigenvalue weighted by molar-refractivity contribution is 0.154. The standard InChI is InChI=1S/C24H36N2O2/c1-18(2)11-13-26-16-19(15-25-12-5-6-20(25)17-27)23-14-22(9-10-24(23)26)28-21-7-3-4-8-21/h9-10,14,16,18,20-21,27H,3-8,11-13,15,17H2,1-2H3/t20-/m0/s1. The Morgan fingerprint density at radius 1 is 1.14 bits per heavy atom. The molecule has 1 aromatic heterocycles. The van der Waals surface area contributed by atoms with Gasteiger partial charge in [-0.05, 0) is 81.2 Å². The summed E-state index contributed by atoms with van der Waals surface area (Å²) in [5.74, 6) is 1.71. The number of aryl methyl sites for hydroxylation is 1. The predicted molar refractivity (Wildman–Crippen MR) is 115 cm³/mol. The van der Waals surface area contributed by atoms with E-state index in [-0.39, 0.29) is 6.61 Å². The van der Waals surface area contributed by atoms with Crippen LogP contribution < -0.4 is 4.74 Å². The van der Waals surface area contributed by atoms with Crippen molar-refractivity contribution in [3.63, 3.8) is 0 Å². The van der Waals surface area contributed by atoms with E-state index in [4.69, 9.17) is 4.74 Å². The van der Waals surface area contributed by atoms with E-state index >= 15 is 0 Å². The third-order valence-corrected chi connectivity index (χ3v) is 6.57. The van der Waals surface area contributed by atoms with Gasteiger partial charge in [-0.15, -0.1) is 0 Å². The Bertz CT molecular complexity index is 776. The number of hydrogen-bond acceptors (Lipinski definition) is 3. The smallest absolute Gasteiger partial charge is 0.120 e. The first-order valence-electron chi connectivity index (χ1n) is 11.3. The van der Waals surface area contributed by atoms with E-state index in [1.165, 1.54) is 55.0 Å². The molecular weight excluding hydrogens is 348 g/mol. The van der Waals surface area contributed by atoms with Crippen LogP contribution in [0.4, 0.5) is 0 Å². The predicted octanol–water partition coefficient (Wildman–Crippen LogP) is 4.97. The zero-order chi connectivity index (χ0) is 19.5. The highest BCUT2D eigenvalue weighted by Gasteiger charge is 2.25. The molecule has 154 valence electrons. The normalized spacial score (nSPS) is 21.4. The summed E-state index contributed by atoms with van der Waals surface area (Å²) in [6.45, 7) is 7.90. The Kier molecular flexibility index (Phi) is 6.27. The van der Waals surface area contributed by atoms with Gasteiger partial charge in [0.2, 0.25) is 0 Å². The molecule has 1 saturated heterocycles. The molecule has 0 spiro atoms. The molecule has 4 nitrogen and oxygen atoms in total. The van der Waals surface area contributed by atoms with Crippen molar-refractivity contribution >= 4 is 10.9 Å².